The number of rotatable bonds is 6. The summed E-state index contributed by atoms with van der Waals surface area (Å²) in [6.45, 7) is 6.59. The summed E-state index contributed by atoms with van der Waals surface area (Å²) < 4.78 is 7.05. The predicted molar refractivity (Wildman–Crippen MR) is 122 cm³/mol. The van der Waals surface area contributed by atoms with Crippen molar-refractivity contribution in [3.63, 3.8) is 0 Å². The number of nitrogen functional groups attached to an aromatic ring is 1. The number of benzene rings is 1. The first-order chi connectivity index (χ1) is 15.2. The number of alkyl carbamates (subject to hydrolysis) is 1. The van der Waals surface area contributed by atoms with Crippen molar-refractivity contribution in [1.82, 2.24) is 30.0 Å². The molecule has 0 unspecified atom stereocenters. The molecule has 4 aromatic rings. The summed E-state index contributed by atoms with van der Waals surface area (Å²) in [6.07, 6.45) is 2.53. The number of nitrogens with zero attached hydrogens (tertiary/aromatic N) is 4. The summed E-state index contributed by atoms with van der Waals surface area (Å²) >= 11 is 0. The third-order valence-corrected chi connectivity index (χ3v) is 4.88. The second-order valence-corrected chi connectivity index (χ2v) is 8.62. The van der Waals surface area contributed by atoms with Crippen molar-refractivity contribution in [2.45, 2.75) is 45.8 Å². The smallest absolute Gasteiger partial charge is 0.407 e. The number of carbonyl (C=O) groups excluding carboxylic acids is 1. The van der Waals surface area contributed by atoms with E-state index in [0.717, 1.165) is 29.4 Å². The molecule has 0 aliphatic rings. The molecule has 1 amide bonds. The molecule has 0 spiro atoms. The lowest BCUT2D eigenvalue weighted by Crippen LogP contribution is -2.33. The third kappa shape index (κ3) is 4.58. The number of aromatic amines is 1. The number of unbranched alkanes of at least 4 members (excludes halogenated alkanes) is 1. The minimum absolute atomic E-state index is 0.196. The molecule has 4 rings (SSSR count). The number of fused-ring (bicyclic) bond motifs is 2. The van der Waals surface area contributed by atoms with Gasteiger partial charge >= 0.3 is 6.09 Å². The van der Waals surface area contributed by atoms with E-state index in [4.69, 9.17) is 15.6 Å². The number of nitrogens with two attached hydrogens (primary N) is 1. The SMILES string of the molecule is CC(C)(C)OC(=O)NCCCCn1nc(-c2cc3cc(O)ccc3[nH]2)c2c(N)ncnc21. The van der Waals surface area contributed by atoms with Gasteiger partial charge in [-0.25, -0.2) is 19.4 Å². The van der Waals surface area contributed by atoms with E-state index in [2.05, 4.69) is 20.3 Å². The van der Waals surface area contributed by atoms with Gasteiger partial charge in [0.15, 0.2) is 5.65 Å². The predicted octanol–water partition coefficient (Wildman–Crippen LogP) is 3.57. The largest absolute Gasteiger partial charge is 0.508 e. The van der Waals surface area contributed by atoms with E-state index in [-0.39, 0.29) is 5.75 Å². The van der Waals surface area contributed by atoms with Crippen molar-refractivity contribution in [2.75, 3.05) is 12.3 Å². The van der Waals surface area contributed by atoms with Crippen molar-refractivity contribution >= 4 is 33.8 Å². The fraction of sp³-hybridized carbons (Fsp3) is 0.364. The Hall–Kier alpha value is -3.82. The van der Waals surface area contributed by atoms with Crippen LogP contribution in [0.2, 0.25) is 0 Å². The Balaban J connectivity index is 1.51. The number of aryl methyl sites for hydroxylation is 1. The van der Waals surface area contributed by atoms with E-state index >= 15 is 0 Å². The number of anilines is 1. The molecule has 32 heavy (non-hydrogen) atoms. The monoisotopic (exact) mass is 437 g/mol. The molecule has 0 radical (unpaired) electrons. The molecule has 0 saturated heterocycles. The molecule has 168 valence electrons. The molecule has 3 aromatic heterocycles. The van der Waals surface area contributed by atoms with Gasteiger partial charge in [0.25, 0.3) is 0 Å². The van der Waals surface area contributed by atoms with Gasteiger partial charge in [-0.1, -0.05) is 0 Å². The number of hydrogen-bond donors (Lipinski definition) is 4. The molecule has 3 heterocycles. The molecular weight excluding hydrogens is 410 g/mol. The van der Waals surface area contributed by atoms with Crippen LogP contribution in [-0.4, -0.2) is 48.1 Å². The number of nitrogens with one attached hydrogen (secondary N) is 2. The van der Waals surface area contributed by atoms with Crippen LogP contribution < -0.4 is 11.1 Å². The highest BCUT2D eigenvalue weighted by atomic mass is 16.6. The Labute approximate surface area is 184 Å². The highest BCUT2D eigenvalue weighted by Crippen LogP contribution is 2.32. The minimum Gasteiger partial charge on any atom is -0.508 e. The fourth-order valence-corrected chi connectivity index (χ4v) is 3.51. The zero-order valence-corrected chi connectivity index (χ0v) is 18.3. The summed E-state index contributed by atoms with van der Waals surface area (Å²) in [5.41, 5.74) is 8.59. The summed E-state index contributed by atoms with van der Waals surface area (Å²) in [6, 6.07) is 7.04. The number of carbonyl (C=O) groups is 1. The first-order valence-electron chi connectivity index (χ1n) is 10.5. The molecular formula is C22H27N7O3. The van der Waals surface area contributed by atoms with Crippen LogP contribution in [0.1, 0.15) is 33.6 Å². The minimum atomic E-state index is -0.518. The van der Waals surface area contributed by atoms with E-state index in [1.54, 1.807) is 16.8 Å². The maximum atomic E-state index is 11.8. The lowest BCUT2D eigenvalue weighted by molar-refractivity contribution is 0.0527. The number of hydrogen-bond acceptors (Lipinski definition) is 7. The van der Waals surface area contributed by atoms with Gasteiger partial charge in [0.2, 0.25) is 0 Å². The lowest BCUT2D eigenvalue weighted by Gasteiger charge is -2.19. The van der Waals surface area contributed by atoms with Crippen molar-refractivity contribution in [1.29, 1.82) is 0 Å². The van der Waals surface area contributed by atoms with E-state index < -0.39 is 11.7 Å². The van der Waals surface area contributed by atoms with Crippen LogP contribution in [-0.2, 0) is 11.3 Å². The molecule has 0 atom stereocenters. The highest BCUT2D eigenvalue weighted by molar-refractivity contribution is 5.99. The Morgan fingerprint density at radius 2 is 2.06 bits per heavy atom. The summed E-state index contributed by atoms with van der Waals surface area (Å²) in [7, 11) is 0. The van der Waals surface area contributed by atoms with Crippen molar-refractivity contribution in [3.8, 4) is 17.1 Å². The van der Waals surface area contributed by atoms with Crippen LogP contribution in [0, 0.1) is 0 Å². The zero-order chi connectivity index (χ0) is 22.9. The Morgan fingerprint density at radius 3 is 2.84 bits per heavy atom. The van der Waals surface area contributed by atoms with Gasteiger partial charge in [0.05, 0.1) is 11.1 Å². The number of phenols is 1. The lowest BCUT2D eigenvalue weighted by atomic mass is 10.2. The Bertz CT molecular complexity index is 1270. The first-order valence-corrected chi connectivity index (χ1v) is 10.5. The Morgan fingerprint density at radius 1 is 1.25 bits per heavy atom. The molecule has 0 aliphatic heterocycles. The van der Waals surface area contributed by atoms with E-state index in [1.165, 1.54) is 6.33 Å². The van der Waals surface area contributed by atoms with Gasteiger partial charge in [-0.15, -0.1) is 0 Å². The first kappa shape index (κ1) is 21.4. The number of aromatic nitrogens is 5. The molecule has 10 nitrogen and oxygen atoms in total. The maximum absolute atomic E-state index is 11.8. The molecule has 10 heteroatoms. The fourth-order valence-electron chi connectivity index (χ4n) is 3.51. The number of phenolic OH excluding ortho intramolecular Hbond substituents is 1. The molecule has 0 aliphatic carbocycles. The van der Waals surface area contributed by atoms with Gasteiger partial charge in [-0.2, -0.15) is 5.10 Å². The van der Waals surface area contributed by atoms with Gasteiger partial charge in [0, 0.05) is 24.0 Å². The van der Waals surface area contributed by atoms with Gasteiger partial charge in [0.1, 0.15) is 29.2 Å². The average molecular weight is 438 g/mol. The standard InChI is InChI=1S/C22H27N7O3/c1-22(2,3)32-21(31)24-8-4-5-9-29-20-17(19(23)25-12-26-20)18(28-29)16-11-13-10-14(30)6-7-15(13)27-16/h6-7,10-12,27,30H,4-5,8-9H2,1-3H3,(H,24,31)(H2,23,25,26). The third-order valence-electron chi connectivity index (χ3n) is 4.88. The molecule has 0 saturated carbocycles. The normalized spacial score (nSPS) is 11.8. The van der Waals surface area contributed by atoms with E-state index in [0.29, 0.717) is 35.6 Å². The van der Waals surface area contributed by atoms with Gasteiger partial charge in [-0.05, 0) is 57.9 Å². The molecule has 0 fully saturated rings. The molecule has 1 aromatic carbocycles. The van der Waals surface area contributed by atoms with Crippen LogP contribution in [0.5, 0.6) is 5.75 Å². The van der Waals surface area contributed by atoms with Crippen molar-refractivity contribution in [3.05, 3.63) is 30.6 Å². The van der Waals surface area contributed by atoms with Crippen LogP contribution in [0.4, 0.5) is 10.6 Å². The molecule has 0 bridgehead atoms. The molecule has 5 N–H and O–H groups in total. The maximum Gasteiger partial charge on any atom is 0.407 e. The summed E-state index contributed by atoms with van der Waals surface area (Å²) in [5, 5.41) is 18.8. The number of H-pyrrole nitrogens is 1. The number of amides is 1. The quantitative estimate of drug-likeness (QED) is 0.338. The van der Waals surface area contributed by atoms with Crippen LogP contribution in [0.15, 0.2) is 30.6 Å². The number of aromatic hydroxyl groups is 1. The number of ether oxygens (including phenoxy) is 1. The highest BCUT2D eigenvalue weighted by Gasteiger charge is 2.19. The van der Waals surface area contributed by atoms with E-state index in [9.17, 15) is 9.90 Å². The van der Waals surface area contributed by atoms with Crippen LogP contribution in [0.25, 0.3) is 33.3 Å². The van der Waals surface area contributed by atoms with Crippen molar-refractivity contribution < 1.29 is 14.6 Å². The average Bonchev–Trinajstić information content (AvgIpc) is 3.28. The summed E-state index contributed by atoms with van der Waals surface area (Å²) in [5.74, 6) is 0.547. The Kier molecular flexibility index (Phi) is 5.60. The summed E-state index contributed by atoms with van der Waals surface area (Å²) in [4.78, 5) is 23.6. The van der Waals surface area contributed by atoms with Crippen LogP contribution in [0.3, 0.4) is 0 Å². The topological polar surface area (TPSA) is 144 Å². The van der Waals surface area contributed by atoms with Crippen LogP contribution >= 0.6 is 0 Å². The van der Waals surface area contributed by atoms with Gasteiger partial charge in [-0.3, -0.25) is 0 Å². The zero-order valence-electron chi connectivity index (χ0n) is 18.3. The van der Waals surface area contributed by atoms with E-state index in [1.807, 2.05) is 32.9 Å². The van der Waals surface area contributed by atoms with Crippen molar-refractivity contribution in [2.24, 2.45) is 0 Å². The second-order valence-electron chi connectivity index (χ2n) is 8.62. The second kappa shape index (κ2) is 8.37. The van der Waals surface area contributed by atoms with Gasteiger partial charge < -0.3 is 25.9 Å².